The molecule has 2 amide bonds. The number of anilines is 1. The van der Waals surface area contributed by atoms with Gasteiger partial charge in [-0.3, -0.25) is 9.59 Å². The maximum absolute atomic E-state index is 12.6. The van der Waals surface area contributed by atoms with Crippen LogP contribution in [0.5, 0.6) is 0 Å². The lowest BCUT2D eigenvalue weighted by Crippen LogP contribution is -2.42. The van der Waals surface area contributed by atoms with Crippen molar-refractivity contribution in [3.05, 3.63) is 65.2 Å². The highest BCUT2D eigenvalue weighted by atomic mass is 16.5. The van der Waals surface area contributed by atoms with Crippen LogP contribution in [-0.2, 0) is 27.3 Å². The van der Waals surface area contributed by atoms with E-state index in [1.54, 1.807) is 24.3 Å². The number of fused-ring (bicyclic) bond motifs is 1. The molecule has 0 spiro atoms. The Morgan fingerprint density at radius 3 is 2.54 bits per heavy atom. The molecule has 1 heterocycles. The number of carbonyl (C=O) groups is 3. The molecule has 1 aliphatic heterocycles. The van der Waals surface area contributed by atoms with E-state index in [-0.39, 0.29) is 11.3 Å². The van der Waals surface area contributed by atoms with Gasteiger partial charge in [-0.1, -0.05) is 49.7 Å². The molecule has 0 bridgehead atoms. The Bertz CT molecular complexity index is 878. The molecule has 2 aromatic carbocycles. The highest BCUT2D eigenvalue weighted by molar-refractivity contribution is 6.39. The minimum absolute atomic E-state index is 0.240. The lowest BCUT2D eigenvalue weighted by Gasteiger charge is -2.28. The molecular formula is C22H24N2O4. The van der Waals surface area contributed by atoms with Crippen molar-refractivity contribution in [2.45, 2.75) is 32.7 Å². The lowest BCUT2D eigenvalue weighted by molar-refractivity contribution is -0.143. The minimum atomic E-state index is -0.756. The van der Waals surface area contributed by atoms with Crippen LogP contribution in [-0.4, -0.2) is 35.8 Å². The van der Waals surface area contributed by atoms with Crippen LogP contribution in [0.1, 0.15) is 41.3 Å². The molecule has 3 rings (SSSR count). The molecule has 28 heavy (non-hydrogen) atoms. The normalized spacial score (nSPS) is 12.8. The molecule has 0 unspecified atom stereocenters. The number of para-hydroxylation sites is 1. The van der Waals surface area contributed by atoms with E-state index in [0.29, 0.717) is 19.7 Å². The molecule has 6 heteroatoms. The van der Waals surface area contributed by atoms with E-state index in [9.17, 15) is 14.4 Å². The first-order chi connectivity index (χ1) is 13.6. The van der Waals surface area contributed by atoms with Crippen molar-refractivity contribution in [2.24, 2.45) is 0 Å². The van der Waals surface area contributed by atoms with Crippen LogP contribution >= 0.6 is 0 Å². The zero-order chi connectivity index (χ0) is 19.9. The molecule has 0 radical (unpaired) electrons. The summed E-state index contributed by atoms with van der Waals surface area (Å²) in [6, 6.07) is 14.5. The van der Waals surface area contributed by atoms with Crippen LogP contribution < -0.4 is 5.32 Å². The number of nitrogens with zero attached hydrogens (tertiary/aromatic N) is 1. The van der Waals surface area contributed by atoms with Crippen molar-refractivity contribution in [1.82, 2.24) is 4.90 Å². The standard InChI is InChI=1S/C22H24N2O4/c1-2-3-14-28-22(27)18-10-6-7-11-19(18)23-20(25)21(26)24-13-12-16-8-4-5-9-17(16)15-24/h4-11H,2-3,12-15H2,1H3,(H,23,25). The van der Waals surface area contributed by atoms with Gasteiger partial charge in [-0.2, -0.15) is 0 Å². The Hall–Kier alpha value is -3.15. The average molecular weight is 380 g/mol. The number of esters is 1. The summed E-state index contributed by atoms with van der Waals surface area (Å²) in [6.07, 6.45) is 2.41. The van der Waals surface area contributed by atoms with E-state index in [2.05, 4.69) is 5.32 Å². The zero-order valence-electron chi connectivity index (χ0n) is 15.9. The van der Waals surface area contributed by atoms with E-state index in [4.69, 9.17) is 4.74 Å². The third kappa shape index (κ3) is 4.57. The maximum atomic E-state index is 12.6. The predicted octanol–water partition coefficient (Wildman–Crippen LogP) is 3.17. The second-order valence-corrected chi connectivity index (χ2v) is 6.73. The third-order valence-corrected chi connectivity index (χ3v) is 4.74. The second kappa shape index (κ2) is 9.17. The van der Waals surface area contributed by atoms with Crippen LogP contribution in [0, 0.1) is 0 Å². The van der Waals surface area contributed by atoms with Gasteiger partial charge in [-0.15, -0.1) is 0 Å². The smallest absolute Gasteiger partial charge is 0.340 e. The number of amides is 2. The molecule has 1 aliphatic rings. The van der Waals surface area contributed by atoms with Crippen LogP contribution in [0.4, 0.5) is 5.69 Å². The molecule has 0 aliphatic carbocycles. The summed E-state index contributed by atoms with van der Waals surface area (Å²) in [5.74, 6) is -1.87. The Kier molecular flexibility index (Phi) is 6.42. The maximum Gasteiger partial charge on any atom is 0.340 e. The Balaban J connectivity index is 1.66. The highest BCUT2D eigenvalue weighted by Gasteiger charge is 2.26. The van der Waals surface area contributed by atoms with Crippen molar-refractivity contribution in [3.8, 4) is 0 Å². The minimum Gasteiger partial charge on any atom is -0.462 e. The first kappa shape index (κ1) is 19.6. The fraction of sp³-hybridized carbons (Fsp3) is 0.318. The van der Waals surface area contributed by atoms with Gasteiger partial charge >= 0.3 is 17.8 Å². The van der Waals surface area contributed by atoms with Crippen molar-refractivity contribution >= 4 is 23.5 Å². The lowest BCUT2D eigenvalue weighted by atomic mass is 10.00. The Labute approximate surface area is 164 Å². The van der Waals surface area contributed by atoms with E-state index in [0.717, 1.165) is 24.8 Å². The number of ether oxygens (including phenoxy) is 1. The van der Waals surface area contributed by atoms with Gasteiger partial charge < -0.3 is 15.0 Å². The number of benzene rings is 2. The van der Waals surface area contributed by atoms with Gasteiger partial charge in [0.25, 0.3) is 0 Å². The quantitative estimate of drug-likeness (QED) is 0.491. The van der Waals surface area contributed by atoms with Crippen LogP contribution in [0.3, 0.4) is 0 Å². The monoisotopic (exact) mass is 380 g/mol. The number of nitrogens with one attached hydrogen (secondary N) is 1. The molecule has 1 N–H and O–H groups in total. The summed E-state index contributed by atoms with van der Waals surface area (Å²) < 4.78 is 5.22. The van der Waals surface area contributed by atoms with Gasteiger partial charge in [0.15, 0.2) is 0 Å². The first-order valence-electron chi connectivity index (χ1n) is 9.53. The van der Waals surface area contributed by atoms with Crippen molar-refractivity contribution < 1.29 is 19.1 Å². The Morgan fingerprint density at radius 1 is 1.04 bits per heavy atom. The summed E-state index contributed by atoms with van der Waals surface area (Å²) in [5.41, 5.74) is 2.77. The van der Waals surface area contributed by atoms with E-state index in [1.807, 2.05) is 31.2 Å². The molecular weight excluding hydrogens is 356 g/mol. The van der Waals surface area contributed by atoms with Gasteiger partial charge in [0.2, 0.25) is 0 Å². The molecule has 0 atom stereocenters. The predicted molar refractivity (Wildman–Crippen MR) is 106 cm³/mol. The number of rotatable bonds is 5. The number of hydrogen-bond donors (Lipinski definition) is 1. The van der Waals surface area contributed by atoms with Crippen molar-refractivity contribution in [3.63, 3.8) is 0 Å². The SMILES string of the molecule is CCCCOC(=O)c1ccccc1NC(=O)C(=O)N1CCc2ccccc2C1. The van der Waals surface area contributed by atoms with Gasteiger partial charge in [0, 0.05) is 13.1 Å². The third-order valence-electron chi connectivity index (χ3n) is 4.74. The number of unbranched alkanes of at least 4 members (excludes halogenated alkanes) is 1. The van der Waals surface area contributed by atoms with Gasteiger partial charge in [-0.25, -0.2) is 4.79 Å². The van der Waals surface area contributed by atoms with E-state index in [1.165, 1.54) is 10.5 Å². The van der Waals surface area contributed by atoms with Crippen molar-refractivity contribution in [2.75, 3.05) is 18.5 Å². The average Bonchev–Trinajstić information content (AvgIpc) is 2.73. The number of hydrogen-bond acceptors (Lipinski definition) is 4. The fourth-order valence-corrected chi connectivity index (χ4v) is 3.15. The van der Waals surface area contributed by atoms with Gasteiger partial charge in [-0.05, 0) is 36.1 Å². The van der Waals surface area contributed by atoms with Crippen LogP contribution in [0.15, 0.2) is 48.5 Å². The summed E-state index contributed by atoms with van der Waals surface area (Å²) in [7, 11) is 0. The zero-order valence-corrected chi connectivity index (χ0v) is 15.9. The molecule has 0 saturated heterocycles. The molecule has 2 aromatic rings. The largest absolute Gasteiger partial charge is 0.462 e. The molecule has 6 nitrogen and oxygen atoms in total. The molecule has 146 valence electrons. The molecule has 0 fully saturated rings. The van der Waals surface area contributed by atoms with Gasteiger partial charge in [0.1, 0.15) is 0 Å². The second-order valence-electron chi connectivity index (χ2n) is 6.73. The van der Waals surface area contributed by atoms with Crippen LogP contribution in [0.25, 0.3) is 0 Å². The fourth-order valence-electron chi connectivity index (χ4n) is 3.15. The van der Waals surface area contributed by atoms with Gasteiger partial charge in [0.05, 0.1) is 17.9 Å². The summed E-state index contributed by atoms with van der Waals surface area (Å²) in [5, 5.41) is 2.57. The highest BCUT2D eigenvalue weighted by Crippen LogP contribution is 2.20. The van der Waals surface area contributed by atoms with E-state index >= 15 is 0 Å². The molecule has 0 aromatic heterocycles. The molecule has 0 saturated carbocycles. The Morgan fingerprint density at radius 2 is 1.75 bits per heavy atom. The summed E-state index contributed by atoms with van der Waals surface area (Å²) >= 11 is 0. The van der Waals surface area contributed by atoms with Crippen LogP contribution in [0.2, 0.25) is 0 Å². The first-order valence-corrected chi connectivity index (χ1v) is 9.53. The summed E-state index contributed by atoms with van der Waals surface area (Å²) in [6.45, 7) is 3.23. The number of carbonyl (C=O) groups excluding carboxylic acids is 3. The van der Waals surface area contributed by atoms with Crippen molar-refractivity contribution in [1.29, 1.82) is 0 Å². The van der Waals surface area contributed by atoms with E-state index < -0.39 is 17.8 Å². The topological polar surface area (TPSA) is 75.7 Å². The summed E-state index contributed by atoms with van der Waals surface area (Å²) in [4.78, 5) is 38.9.